The van der Waals surface area contributed by atoms with Crippen LogP contribution in [0.1, 0.15) is 57.4 Å². The minimum Gasteiger partial charge on any atom is -0.333 e. The van der Waals surface area contributed by atoms with Crippen LogP contribution in [0.25, 0.3) is 0 Å². The van der Waals surface area contributed by atoms with Crippen LogP contribution in [0.2, 0.25) is 0 Å². The van der Waals surface area contributed by atoms with Crippen LogP contribution in [0, 0.1) is 0 Å². The van der Waals surface area contributed by atoms with E-state index in [4.69, 9.17) is 0 Å². The molecule has 3 aromatic rings. The molecule has 2 heterocycles. The number of fused-ring (bicyclic) bond motifs is 1. The molecule has 0 bridgehead atoms. The normalized spacial score (nSPS) is 13.1. The fourth-order valence-electron chi connectivity index (χ4n) is 3.66. The first-order valence-corrected chi connectivity index (χ1v) is 10.3. The first-order chi connectivity index (χ1) is 14.5. The molecule has 0 saturated heterocycles. The molecule has 1 aliphatic heterocycles. The molecule has 0 saturated carbocycles. The van der Waals surface area contributed by atoms with Gasteiger partial charge in [-0.2, -0.15) is 0 Å². The van der Waals surface area contributed by atoms with E-state index >= 15 is 0 Å². The van der Waals surface area contributed by atoms with Crippen molar-refractivity contribution >= 4 is 17.5 Å². The zero-order chi connectivity index (χ0) is 21.1. The van der Waals surface area contributed by atoms with Gasteiger partial charge < -0.3 is 10.2 Å². The van der Waals surface area contributed by atoms with E-state index in [1.807, 2.05) is 36.4 Å². The van der Waals surface area contributed by atoms with Gasteiger partial charge in [0.15, 0.2) is 0 Å². The molecule has 2 aromatic carbocycles. The lowest BCUT2D eigenvalue weighted by molar-refractivity contribution is 0.0728. The van der Waals surface area contributed by atoms with Crippen molar-refractivity contribution in [1.29, 1.82) is 0 Å². The van der Waals surface area contributed by atoms with Gasteiger partial charge in [-0.15, -0.1) is 0 Å². The Kier molecular flexibility index (Phi) is 5.61. The van der Waals surface area contributed by atoms with Crippen molar-refractivity contribution in [2.45, 2.75) is 32.7 Å². The number of benzene rings is 2. The number of hydrogen-bond acceptors (Lipinski definition) is 3. The van der Waals surface area contributed by atoms with Gasteiger partial charge in [-0.05, 0) is 53.3 Å². The molecule has 1 aromatic heterocycles. The van der Waals surface area contributed by atoms with Crippen LogP contribution in [0.3, 0.4) is 0 Å². The minimum absolute atomic E-state index is 0.152. The second-order valence-electron chi connectivity index (χ2n) is 7.88. The Morgan fingerprint density at radius 3 is 2.33 bits per heavy atom. The number of rotatable bonds is 4. The third kappa shape index (κ3) is 4.25. The SMILES string of the molecule is CC(C)c1ccc(NC(=O)c2cccc(C(=O)N3CCc4ccccc4C3)n2)cc1. The van der Waals surface area contributed by atoms with Crippen molar-refractivity contribution in [3.63, 3.8) is 0 Å². The molecule has 1 aliphatic rings. The number of aromatic nitrogens is 1. The molecule has 0 spiro atoms. The third-order valence-corrected chi connectivity index (χ3v) is 5.45. The number of nitrogens with zero attached hydrogens (tertiary/aromatic N) is 2. The summed E-state index contributed by atoms with van der Waals surface area (Å²) in [6.07, 6.45) is 0.828. The summed E-state index contributed by atoms with van der Waals surface area (Å²) in [5.74, 6) is -0.0489. The number of carbonyl (C=O) groups excluding carboxylic acids is 2. The maximum atomic E-state index is 13.0. The molecule has 4 rings (SSSR count). The fourth-order valence-corrected chi connectivity index (χ4v) is 3.66. The number of amides is 2. The molecule has 0 atom stereocenters. The Bertz CT molecular complexity index is 1070. The second-order valence-corrected chi connectivity index (χ2v) is 7.88. The molecular formula is C25H25N3O2. The van der Waals surface area contributed by atoms with Crippen molar-refractivity contribution in [3.05, 3.63) is 94.8 Å². The Balaban J connectivity index is 1.47. The van der Waals surface area contributed by atoms with Crippen LogP contribution < -0.4 is 5.32 Å². The molecule has 0 aliphatic carbocycles. The lowest BCUT2D eigenvalue weighted by atomic mass is 10.00. The molecule has 30 heavy (non-hydrogen) atoms. The standard InChI is InChI=1S/C25H25N3O2/c1-17(2)18-10-12-21(13-11-18)26-24(29)22-8-5-9-23(27-22)25(30)28-15-14-19-6-3-4-7-20(19)16-28/h3-13,17H,14-16H2,1-2H3,(H,26,29). The van der Waals surface area contributed by atoms with Gasteiger partial charge >= 0.3 is 0 Å². The Morgan fingerprint density at radius 2 is 1.60 bits per heavy atom. The number of nitrogens with one attached hydrogen (secondary N) is 1. The van der Waals surface area contributed by atoms with Crippen molar-refractivity contribution in [1.82, 2.24) is 9.88 Å². The molecule has 2 amide bonds. The number of pyridine rings is 1. The van der Waals surface area contributed by atoms with Gasteiger partial charge in [-0.25, -0.2) is 4.98 Å². The summed E-state index contributed by atoms with van der Waals surface area (Å²) >= 11 is 0. The van der Waals surface area contributed by atoms with E-state index in [9.17, 15) is 9.59 Å². The Morgan fingerprint density at radius 1 is 0.900 bits per heavy atom. The predicted octanol–water partition coefficient (Wildman–Crippen LogP) is 4.66. The van der Waals surface area contributed by atoms with Gasteiger partial charge in [0.2, 0.25) is 0 Å². The topological polar surface area (TPSA) is 62.3 Å². The van der Waals surface area contributed by atoms with Gasteiger partial charge in [0.1, 0.15) is 11.4 Å². The Hall–Kier alpha value is -3.47. The maximum Gasteiger partial charge on any atom is 0.274 e. The highest BCUT2D eigenvalue weighted by molar-refractivity contribution is 6.03. The van der Waals surface area contributed by atoms with Crippen LogP contribution in [0.4, 0.5) is 5.69 Å². The summed E-state index contributed by atoms with van der Waals surface area (Å²) in [5, 5.41) is 2.86. The first-order valence-electron chi connectivity index (χ1n) is 10.3. The molecule has 0 fully saturated rings. The third-order valence-electron chi connectivity index (χ3n) is 5.45. The van der Waals surface area contributed by atoms with Gasteiger partial charge in [-0.3, -0.25) is 9.59 Å². The van der Waals surface area contributed by atoms with Crippen LogP contribution in [0.15, 0.2) is 66.7 Å². The van der Waals surface area contributed by atoms with Crippen LogP contribution in [0.5, 0.6) is 0 Å². The first kappa shape index (κ1) is 19.8. The van der Waals surface area contributed by atoms with Gasteiger partial charge in [-0.1, -0.05) is 56.3 Å². The highest BCUT2D eigenvalue weighted by Gasteiger charge is 2.23. The van der Waals surface area contributed by atoms with E-state index in [0.717, 1.165) is 12.0 Å². The average molecular weight is 399 g/mol. The highest BCUT2D eigenvalue weighted by Crippen LogP contribution is 2.20. The molecule has 0 unspecified atom stereocenters. The average Bonchev–Trinajstić information content (AvgIpc) is 2.78. The molecular weight excluding hydrogens is 374 g/mol. The summed E-state index contributed by atoms with van der Waals surface area (Å²) in [4.78, 5) is 31.8. The quantitative estimate of drug-likeness (QED) is 0.694. The van der Waals surface area contributed by atoms with Crippen molar-refractivity contribution in [2.24, 2.45) is 0 Å². The largest absolute Gasteiger partial charge is 0.333 e. The van der Waals surface area contributed by atoms with Crippen LogP contribution in [-0.2, 0) is 13.0 Å². The van der Waals surface area contributed by atoms with Gasteiger partial charge in [0.05, 0.1) is 0 Å². The minimum atomic E-state index is -0.328. The van der Waals surface area contributed by atoms with Crippen molar-refractivity contribution in [3.8, 4) is 0 Å². The number of carbonyl (C=O) groups is 2. The van der Waals surface area contributed by atoms with Gasteiger partial charge in [0, 0.05) is 18.8 Å². The fraction of sp³-hybridized carbons (Fsp3) is 0.240. The van der Waals surface area contributed by atoms with Crippen LogP contribution in [-0.4, -0.2) is 28.2 Å². The van der Waals surface area contributed by atoms with Crippen LogP contribution >= 0.6 is 0 Å². The molecule has 5 heteroatoms. The van der Waals surface area contributed by atoms with E-state index < -0.39 is 0 Å². The monoisotopic (exact) mass is 399 g/mol. The maximum absolute atomic E-state index is 13.0. The smallest absolute Gasteiger partial charge is 0.274 e. The second kappa shape index (κ2) is 8.49. The summed E-state index contributed by atoms with van der Waals surface area (Å²) < 4.78 is 0. The van der Waals surface area contributed by atoms with E-state index in [2.05, 4.69) is 36.3 Å². The number of anilines is 1. The molecule has 152 valence electrons. The van der Waals surface area contributed by atoms with E-state index in [-0.39, 0.29) is 23.2 Å². The molecule has 1 N–H and O–H groups in total. The predicted molar refractivity (Wildman–Crippen MR) is 118 cm³/mol. The van der Waals surface area contributed by atoms with Crippen molar-refractivity contribution < 1.29 is 9.59 Å². The zero-order valence-electron chi connectivity index (χ0n) is 17.3. The van der Waals surface area contributed by atoms with E-state index in [1.54, 1.807) is 23.1 Å². The van der Waals surface area contributed by atoms with E-state index in [0.29, 0.717) is 24.7 Å². The Labute approximate surface area is 176 Å². The molecule has 0 radical (unpaired) electrons. The van der Waals surface area contributed by atoms with E-state index in [1.165, 1.54) is 11.1 Å². The summed E-state index contributed by atoms with van der Waals surface area (Å²) in [7, 11) is 0. The lowest BCUT2D eigenvalue weighted by Crippen LogP contribution is -2.36. The summed E-state index contributed by atoms with van der Waals surface area (Å²) in [6.45, 7) is 5.47. The highest BCUT2D eigenvalue weighted by atomic mass is 16.2. The summed E-state index contributed by atoms with van der Waals surface area (Å²) in [5.41, 5.74) is 4.88. The lowest BCUT2D eigenvalue weighted by Gasteiger charge is -2.28. The summed E-state index contributed by atoms with van der Waals surface area (Å²) in [6, 6.07) is 20.9. The van der Waals surface area contributed by atoms with Crippen molar-refractivity contribution in [2.75, 3.05) is 11.9 Å². The zero-order valence-corrected chi connectivity index (χ0v) is 17.3. The van der Waals surface area contributed by atoms with Gasteiger partial charge in [0.25, 0.3) is 11.8 Å². The number of hydrogen-bond donors (Lipinski definition) is 1. The molecule has 5 nitrogen and oxygen atoms in total.